The van der Waals surface area contributed by atoms with Gasteiger partial charge in [0.05, 0.1) is 62.9 Å². The molecular weight excluding hydrogens is 496 g/mol. The smallest absolute Gasteiger partial charge is 0.308 e. The number of aromatic nitrogens is 2. The molecule has 3 aromatic rings. The Kier molecular flexibility index (Phi) is 6.96. The second-order valence-corrected chi connectivity index (χ2v) is 9.51. The molecule has 0 saturated heterocycles. The number of carbonyl (C=O) groups excluding carboxylic acids is 2. The third-order valence-corrected chi connectivity index (χ3v) is 7.19. The molecule has 2 heterocycles. The van der Waals surface area contributed by atoms with Crippen molar-refractivity contribution >= 4 is 11.9 Å². The van der Waals surface area contributed by atoms with Gasteiger partial charge in [-0.1, -0.05) is 6.07 Å². The Morgan fingerprint density at radius 1 is 1.03 bits per heavy atom. The van der Waals surface area contributed by atoms with E-state index in [1.54, 1.807) is 24.1 Å². The number of nitrogens with zero attached hydrogens (tertiary/aromatic N) is 3. The Bertz CT molecular complexity index is 1390. The summed E-state index contributed by atoms with van der Waals surface area (Å²) in [6.07, 6.45) is 1.57. The molecule has 1 aliphatic carbocycles. The lowest BCUT2D eigenvalue weighted by Crippen LogP contribution is -2.33. The van der Waals surface area contributed by atoms with Crippen LogP contribution in [0.5, 0.6) is 11.5 Å². The van der Waals surface area contributed by atoms with Gasteiger partial charge in [0.25, 0.3) is 5.91 Å². The van der Waals surface area contributed by atoms with Crippen LogP contribution in [0.1, 0.15) is 40.2 Å². The minimum Gasteiger partial charge on any atom is -0.497 e. The lowest BCUT2D eigenvalue weighted by molar-refractivity contribution is -0.150. The van der Waals surface area contributed by atoms with Crippen molar-refractivity contribution < 1.29 is 32.6 Å². The Labute approximate surface area is 218 Å². The lowest BCUT2D eigenvalue weighted by Gasteiger charge is -2.33. The van der Waals surface area contributed by atoms with E-state index in [4.69, 9.17) is 14.2 Å². The lowest BCUT2D eigenvalue weighted by atomic mass is 9.72. The van der Waals surface area contributed by atoms with Crippen molar-refractivity contribution in [2.75, 3.05) is 21.3 Å². The summed E-state index contributed by atoms with van der Waals surface area (Å²) in [4.78, 5) is 36.0. The van der Waals surface area contributed by atoms with Crippen LogP contribution in [0.15, 0.2) is 36.4 Å². The number of methoxy groups -OCH3 is 3. The summed E-state index contributed by atoms with van der Waals surface area (Å²) < 4.78 is 44.9. The molecule has 0 bridgehead atoms. The monoisotopic (exact) mass is 523 g/mol. The maximum absolute atomic E-state index is 14.7. The van der Waals surface area contributed by atoms with Crippen molar-refractivity contribution in [1.29, 1.82) is 0 Å². The molecule has 0 radical (unpaired) electrons. The number of fused-ring (bicyclic) bond motifs is 1. The van der Waals surface area contributed by atoms with Gasteiger partial charge < -0.3 is 19.1 Å². The second kappa shape index (κ2) is 10.4. The van der Waals surface area contributed by atoms with Crippen molar-refractivity contribution in [3.05, 3.63) is 70.5 Å². The van der Waals surface area contributed by atoms with Crippen LogP contribution in [0.25, 0.3) is 11.4 Å². The Morgan fingerprint density at radius 2 is 1.76 bits per heavy atom. The van der Waals surface area contributed by atoms with E-state index >= 15 is 0 Å². The van der Waals surface area contributed by atoms with Gasteiger partial charge >= 0.3 is 5.97 Å². The van der Waals surface area contributed by atoms with E-state index in [0.29, 0.717) is 47.7 Å². The van der Waals surface area contributed by atoms with Gasteiger partial charge in [-0.25, -0.2) is 18.7 Å². The zero-order chi connectivity index (χ0) is 27.0. The van der Waals surface area contributed by atoms with E-state index in [1.165, 1.54) is 20.3 Å². The number of amides is 1. The maximum Gasteiger partial charge on any atom is 0.308 e. The van der Waals surface area contributed by atoms with E-state index in [9.17, 15) is 18.4 Å². The molecule has 198 valence electrons. The third-order valence-electron chi connectivity index (χ3n) is 7.19. The van der Waals surface area contributed by atoms with Gasteiger partial charge in [-0.3, -0.25) is 9.59 Å². The van der Waals surface area contributed by atoms with Gasteiger partial charge in [0.2, 0.25) is 0 Å². The molecule has 1 aliphatic heterocycles. The van der Waals surface area contributed by atoms with Crippen LogP contribution in [-0.4, -0.2) is 48.1 Å². The number of rotatable bonds is 8. The maximum atomic E-state index is 14.7. The first kappa shape index (κ1) is 25.6. The molecule has 1 fully saturated rings. The summed E-state index contributed by atoms with van der Waals surface area (Å²) in [5.41, 5.74) is 1.62. The molecule has 1 saturated carbocycles. The zero-order valence-corrected chi connectivity index (χ0v) is 21.3. The molecule has 2 aromatic carbocycles. The summed E-state index contributed by atoms with van der Waals surface area (Å²) in [6.45, 7) is 0.385. The standard InChI is InChI=1S/C28H27F2N3O5/c1-36-18-8-7-16(23(12-18)37-2)13-33-14-22-25(27(33)34)21(11-15-9-17(10-15)28(35)38-3)31-26(32-22)24-19(29)5-4-6-20(24)30/h4-8,12,15,17H,9-11,13-14H2,1-3H3. The highest BCUT2D eigenvalue weighted by molar-refractivity contribution is 5.99. The third kappa shape index (κ3) is 4.66. The summed E-state index contributed by atoms with van der Waals surface area (Å²) in [6, 6.07) is 8.91. The number of carbonyl (C=O) groups is 2. The van der Waals surface area contributed by atoms with E-state index in [0.717, 1.165) is 17.7 Å². The van der Waals surface area contributed by atoms with E-state index in [2.05, 4.69) is 9.97 Å². The van der Waals surface area contributed by atoms with Gasteiger partial charge in [0.15, 0.2) is 5.82 Å². The molecule has 0 atom stereocenters. The van der Waals surface area contributed by atoms with Crippen molar-refractivity contribution in [3.63, 3.8) is 0 Å². The molecular formula is C28H27F2N3O5. The average Bonchev–Trinajstić information content (AvgIpc) is 3.20. The average molecular weight is 524 g/mol. The summed E-state index contributed by atoms with van der Waals surface area (Å²) in [7, 11) is 4.45. The highest BCUT2D eigenvalue weighted by Crippen LogP contribution is 2.39. The van der Waals surface area contributed by atoms with Crippen LogP contribution in [0.3, 0.4) is 0 Å². The van der Waals surface area contributed by atoms with Crippen molar-refractivity contribution in [3.8, 4) is 22.9 Å². The molecule has 38 heavy (non-hydrogen) atoms. The second-order valence-electron chi connectivity index (χ2n) is 9.51. The fourth-order valence-electron chi connectivity index (χ4n) is 5.15. The summed E-state index contributed by atoms with van der Waals surface area (Å²) >= 11 is 0. The van der Waals surface area contributed by atoms with Crippen LogP contribution in [0.4, 0.5) is 8.78 Å². The molecule has 0 spiro atoms. The molecule has 0 N–H and O–H groups in total. The normalized spacial score (nSPS) is 18.1. The molecule has 8 nitrogen and oxygen atoms in total. The number of esters is 1. The number of ether oxygens (including phenoxy) is 3. The van der Waals surface area contributed by atoms with Gasteiger partial charge in [-0.2, -0.15) is 0 Å². The van der Waals surface area contributed by atoms with Crippen LogP contribution < -0.4 is 9.47 Å². The summed E-state index contributed by atoms with van der Waals surface area (Å²) in [5.74, 6) is -1.12. The minimum atomic E-state index is -0.783. The van der Waals surface area contributed by atoms with Crippen LogP contribution in [0.2, 0.25) is 0 Å². The SMILES string of the molecule is COC(=O)C1CC(Cc2nc(-c3c(F)cccc3F)nc3c2C(=O)N(Cc2ccc(OC)cc2OC)C3)C1. The van der Waals surface area contributed by atoms with Crippen molar-refractivity contribution in [2.45, 2.75) is 32.4 Å². The molecule has 1 aromatic heterocycles. The number of halogens is 2. The first-order valence-electron chi connectivity index (χ1n) is 12.2. The van der Waals surface area contributed by atoms with Gasteiger partial charge in [0, 0.05) is 11.6 Å². The predicted octanol–water partition coefficient (Wildman–Crippen LogP) is 4.34. The first-order chi connectivity index (χ1) is 18.3. The van der Waals surface area contributed by atoms with Crippen molar-refractivity contribution in [2.24, 2.45) is 11.8 Å². The van der Waals surface area contributed by atoms with Crippen molar-refractivity contribution in [1.82, 2.24) is 14.9 Å². The Balaban J connectivity index is 1.49. The summed E-state index contributed by atoms with van der Waals surface area (Å²) in [5, 5.41) is 0. The highest BCUT2D eigenvalue weighted by atomic mass is 19.1. The fourth-order valence-corrected chi connectivity index (χ4v) is 5.15. The van der Waals surface area contributed by atoms with Gasteiger partial charge in [0.1, 0.15) is 23.1 Å². The molecule has 0 unspecified atom stereocenters. The van der Waals surface area contributed by atoms with E-state index in [-0.39, 0.29) is 48.2 Å². The van der Waals surface area contributed by atoms with E-state index in [1.807, 2.05) is 6.07 Å². The Hall–Kier alpha value is -4.08. The highest BCUT2D eigenvalue weighted by Gasteiger charge is 2.39. The zero-order valence-electron chi connectivity index (χ0n) is 21.3. The Morgan fingerprint density at radius 3 is 2.42 bits per heavy atom. The molecule has 1 amide bonds. The molecule has 5 rings (SSSR count). The number of benzene rings is 2. The molecule has 2 aliphatic rings. The quantitative estimate of drug-likeness (QED) is 0.406. The topological polar surface area (TPSA) is 90.9 Å². The van der Waals surface area contributed by atoms with Gasteiger partial charge in [-0.15, -0.1) is 0 Å². The van der Waals surface area contributed by atoms with E-state index < -0.39 is 11.6 Å². The van der Waals surface area contributed by atoms with Crippen LogP contribution >= 0.6 is 0 Å². The van der Waals surface area contributed by atoms with Crippen LogP contribution in [0, 0.1) is 23.5 Å². The van der Waals surface area contributed by atoms with Crippen LogP contribution in [-0.2, 0) is 29.0 Å². The number of hydrogen-bond donors (Lipinski definition) is 0. The minimum absolute atomic E-state index is 0.0833. The van der Waals surface area contributed by atoms with Gasteiger partial charge in [-0.05, 0) is 49.4 Å². The first-order valence-corrected chi connectivity index (χ1v) is 12.2. The molecule has 10 heteroatoms. The largest absolute Gasteiger partial charge is 0.497 e. The predicted molar refractivity (Wildman–Crippen MR) is 132 cm³/mol. The fraction of sp³-hybridized carbons (Fsp3) is 0.357. The number of hydrogen-bond acceptors (Lipinski definition) is 7.